The van der Waals surface area contributed by atoms with Crippen molar-refractivity contribution in [2.24, 2.45) is 0 Å². The van der Waals surface area contributed by atoms with Crippen LogP contribution < -0.4 is 20.1 Å². The third-order valence-corrected chi connectivity index (χ3v) is 4.17. The molecule has 6 nitrogen and oxygen atoms in total. The van der Waals surface area contributed by atoms with E-state index >= 15 is 0 Å². The van der Waals surface area contributed by atoms with Crippen molar-refractivity contribution in [3.8, 4) is 11.5 Å². The van der Waals surface area contributed by atoms with E-state index in [1.807, 2.05) is 48.5 Å². The van der Waals surface area contributed by atoms with Gasteiger partial charge in [-0.15, -0.1) is 0 Å². The monoisotopic (exact) mass is 364 g/mol. The van der Waals surface area contributed by atoms with Crippen molar-refractivity contribution in [2.75, 3.05) is 31.4 Å². The number of aromatic nitrogens is 2. The van der Waals surface area contributed by atoms with Gasteiger partial charge in [0.2, 0.25) is 0 Å². The van der Waals surface area contributed by atoms with Crippen LogP contribution >= 0.6 is 0 Å². The minimum absolute atomic E-state index is 0.629. The Kier molecular flexibility index (Phi) is 6.46. The minimum atomic E-state index is 0.629. The van der Waals surface area contributed by atoms with Crippen LogP contribution in [0.25, 0.3) is 0 Å². The molecule has 6 heteroatoms. The van der Waals surface area contributed by atoms with Gasteiger partial charge in [-0.25, -0.2) is 9.97 Å². The Labute approximate surface area is 159 Å². The lowest BCUT2D eigenvalue weighted by molar-refractivity contribution is 0.410. The smallest absolute Gasteiger partial charge is 0.131 e. The van der Waals surface area contributed by atoms with Crippen molar-refractivity contribution in [2.45, 2.75) is 13.0 Å². The zero-order chi connectivity index (χ0) is 18.9. The molecule has 1 aromatic heterocycles. The molecule has 0 amide bonds. The summed E-state index contributed by atoms with van der Waals surface area (Å²) >= 11 is 0. The molecule has 0 radical (unpaired) electrons. The van der Waals surface area contributed by atoms with Crippen molar-refractivity contribution in [1.29, 1.82) is 0 Å². The average Bonchev–Trinajstić information content (AvgIpc) is 2.73. The van der Waals surface area contributed by atoms with Crippen LogP contribution in [0.3, 0.4) is 0 Å². The predicted molar refractivity (Wildman–Crippen MR) is 108 cm³/mol. The van der Waals surface area contributed by atoms with Crippen LogP contribution in [-0.2, 0) is 13.0 Å². The first kappa shape index (κ1) is 18.5. The molecule has 0 fully saturated rings. The molecule has 0 saturated heterocycles. The number of hydrogen-bond acceptors (Lipinski definition) is 6. The van der Waals surface area contributed by atoms with Gasteiger partial charge in [0.15, 0.2) is 0 Å². The molecule has 0 unspecified atom stereocenters. The Morgan fingerprint density at radius 1 is 0.852 bits per heavy atom. The summed E-state index contributed by atoms with van der Waals surface area (Å²) in [5.41, 5.74) is 2.29. The SMILES string of the molecule is COc1cccc(CCNc2cc(NCc3ccccc3OC)ncn2)c1. The van der Waals surface area contributed by atoms with Crippen molar-refractivity contribution in [1.82, 2.24) is 9.97 Å². The molecule has 0 bridgehead atoms. The van der Waals surface area contributed by atoms with E-state index in [1.54, 1.807) is 20.5 Å². The van der Waals surface area contributed by atoms with Gasteiger partial charge in [-0.3, -0.25) is 0 Å². The molecule has 3 rings (SSSR count). The fraction of sp³-hybridized carbons (Fsp3) is 0.238. The van der Waals surface area contributed by atoms with E-state index in [4.69, 9.17) is 9.47 Å². The number of hydrogen-bond donors (Lipinski definition) is 2. The molecule has 0 aliphatic heterocycles. The fourth-order valence-corrected chi connectivity index (χ4v) is 2.75. The Morgan fingerprint density at radius 3 is 2.48 bits per heavy atom. The number of nitrogens with one attached hydrogen (secondary N) is 2. The van der Waals surface area contributed by atoms with E-state index in [0.29, 0.717) is 6.54 Å². The Bertz CT molecular complexity index is 870. The number of methoxy groups -OCH3 is 2. The second-order valence-corrected chi connectivity index (χ2v) is 5.98. The maximum absolute atomic E-state index is 5.38. The zero-order valence-electron chi connectivity index (χ0n) is 15.6. The first-order valence-corrected chi connectivity index (χ1v) is 8.83. The number of rotatable bonds is 9. The van der Waals surface area contributed by atoms with E-state index in [2.05, 4.69) is 26.7 Å². The maximum Gasteiger partial charge on any atom is 0.131 e. The molecule has 0 spiro atoms. The standard InChI is InChI=1S/C21H24N4O2/c1-26-18-8-5-6-16(12-18)10-11-22-20-13-21(25-15-24-20)23-14-17-7-3-4-9-19(17)27-2/h3-9,12-13,15H,10-11,14H2,1-2H3,(H2,22,23,24,25). The maximum atomic E-state index is 5.38. The van der Waals surface area contributed by atoms with Crippen molar-refractivity contribution in [3.63, 3.8) is 0 Å². The predicted octanol–water partition coefficient (Wildman–Crippen LogP) is 3.76. The molecule has 0 aliphatic rings. The summed E-state index contributed by atoms with van der Waals surface area (Å²) in [4.78, 5) is 8.56. The molecule has 2 N–H and O–H groups in total. The summed E-state index contributed by atoms with van der Waals surface area (Å²) in [7, 11) is 3.35. The lowest BCUT2D eigenvalue weighted by Gasteiger charge is -2.11. The van der Waals surface area contributed by atoms with Gasteiger partial charge in [0, 0.05) is 24.7 Å². The molecular weight excluding hydrogens is 340 g/mol. The number of benzene rings is 2. The molecule has 0 aliphatic carbocycles. The molecule has 27 heavy (non-hydrogen) atoms. The normalized spacial score (nSPS) is 10.3. The highest BCUT2D eigenvalue weighted by molar-refractivity contribution is 5.47. The zero-order valence-corrected chi connectivity index (χ0v) is 15.6. The molecular formula is C21H24N4O2. The van der Waals surface area contributed by atoms with Crippen molar-refractivity contribution in [3.05, 3.63) is 72.1 Å². The van der Waals surface area contributed by atoms with Gasteiger partial charge < -0.3 is 20.1 Å². The van der Waals surface area contributed by atoms with E-state index in [-0.39, 0.29) is 0 Å². The molecule has 3 aromatic rings. The van der Waals surface area contributed by atoms with Crippen LogP contribution in [0, 0.1) is 0 Å². The van der Waals surface area contributed by atoms with E-state index in [0.717, 1.165) is 41.7 Å². The van der Waals surface area contributed by atoms with Gasteiger partial charge in [-0.1, -0.05) is 30.3 Å². The lowest BCUT2D eigenvalue weighted by Crippen LogP contribution is -2.08. The topological polar surface area (TPSA) is 68.3 Å². The number of anilines is 2. The Balaban J connectivity index is 1.54. The van der Waals surface area contributed by atoms with Gasteiger partial charge in [0.05, 0.1) is 14.2 Å². The summed E-state index contributed by atoms with van der Waals surface area (Å²) in [5, 5.41) is 6.65. The first-order valence-electron chi connectivity index (χ1n) is 8.83. The van der Waals surface area contributed by atoms with E-state index in [1.165, 1.54) is 5.56 Å². The van der Waals surface area contributed by atoms with Gasteiger partial charge in [0.25, 0.3) is 0 Å². The first-order chi connectivity index (χ1) is 13.3. The van der Waals surface area contributed by atoms with Crippen LogP contribution in [0.15, 0.2) is 60.9 Å². The van der Waals surface area contributed by atoms with Crippen LogP contribution in [-0.4, -0.2) is 30.7 Å². The molecule has 0 atom stereocenters. The summed E-state index contributed by atoms with van der Waals surface area (Å²) < 4.78 is 10.6. The minimum Gasteiger partial charge on any atom is -0.497 e. The summed E-state index contributed by atoms with van der Waals surface area (Å²) in [6.07, 6.45) is 2.43. The largest absolute Gasteiger partial charge is 0.497 e. The molecule has 1 heterocycles. The molecule has 140 valence electrons. The molecule has 2 aromatic carbocycles. The highest BCUT2D eigenvalue weighted by Gasteiger charge is 2.03. The van der Waals surface area contributed by atoms with Crippen LogP contribution in [0.1, 0.15) is 11.1 Å². The highest BCUT2D eigenvalue weighted by Crippen LogP contribution is 2.19. The quantitative estimate of drug-likeness (QED) is 0.603. The van der Waals surface area contributed by atoms with Gasteiger partial charge in [-0.2, -0.15) is 0 Å². The molecule has 0 saturated carbocycles. The van der Waals surface area contributed by atoms with Crippen LogP contribution in [0.4, 0.5) is 11.6 Å². The second kappa shape index (κ2) is 9.43. The van der Waals surface area contributed by atoms with Crippen LogP contribution in [0.5, 0.6) is 11.5 Å². The number of nitrogens with zero attached hydrogens (tertiary/aromatic N) is 2. The lowest BCUT2D eigenvalue weighted by atomic mass is 10.1. The second-order valence-electron chi connectivity index (χ2n) is 5.98. The van der Waals surface area contributed by atoms with Gasteiger partial charge >= 0.3 is 0 Å². The number of ether oxygens (including phenoxy) is 2. The summed E-state index contributed by atoms with van der Waals surface area (Å²) in [6.45, 7) is 1.40. The Morgan fingerprint density at radius 2 is 1.67 bits per heavy atom. The third-order valence-electron chi connectivity index (χ3n) is 4.17. The Hall–Kier alpha value is -3.28. The fourth-order valence-electron chi connectivity index (χ4n) is 2.75. The summed E-state index contributed by atoms with van der Waals surface area (Å²) in [6, 6.07) is 17.9. The average molecular weight is 364 g/mol. The van der Waals surface area contributed by atoms with E-state index < -0.39 is 0 Å². The van der Waals surface area contributed by atoms with Crippen LogP contribution in [0.2, 0.25) is 0 Å². The van der Waals surface area contributed by atoms with Gasteiger partial charge in [0.1, 0.15) is 29.5 Å². The highest BCUT2D eigenvalue weighted by atomic mass is 16.5. The summed E-state index contributed by atoms with van der Waals surface area (Å²) in [5.74, 6) is 3.28. The third kappa shape index (κ3) is 5.34. The van der Waals surface area contributed by atoms with Gasteiger partial charge in [-0.05, 0) is 30.2 Å². The number of para-hydroxylation sites is 1. The van der Waals surface area contributed by atoms with Crippen molar-refractivity contribution >= 4 is 11.6 Å². The van der Waals surface area contributed by atoms with E-state index in [9.17, 15) is 0 Å². The van der Waals surface area contributed by atoms with Crippen molar-refractivity contribution < 1.29 is 9.47 Å².